The second-order valence-electron chi connectivity index (χ2n) is 4.11. The lowest BCUT2D eigenvalue weighted by Gasteiger charge is -2.07. The number of nitrogens with two attached hydrogens (primary N) is 1. The molecule has 0 saturated carbocycles. The van der Waals surface area contributed by atoms with Gasteiger partial charge in [-0.15, -0.1) is 11.3 Å². The molecule has 21 heavy (non-hydrogen) atoms. The van der Waals surface area contributed by atoms with Crippen LogP contribution in [0.1, 0.15) is 9.67 Å². The number of anilines is 2. The van der Waals surface area contributed by atoms with E-state index in [0.29, 0.717) is 36.1 Å². The van der Waals surface area contributed by atoms with E-state index in [9.17, 15) is 4.79 Å². The van der Waals surface area contributed by atoms with Crippen molar-refractivity contribution in [1.29, 1.82) is 0 Å². The van der Waals surface area contributed by atoms with Crippen LogP contribution in [0.25, 0.3) is 10.3 Å². The van der Waals surface area contributed by atoms with Gasteiger partial charge in [-0.05, 0) is 28.1 Å². The smallest absolute Gasteiger partial charge is 0.268 e. The molecule has 3 N–H and O–H groups in total. The molecule has 0 radical (unpaired) electrons. The Morgan fingerprint density at radius 1 is 1.33 bits per heavy atom. The predicted molar refractivity (Wildman–Crippen MR) is 88.9 cm³/mol. The van der Waals surface area contributed by atoms with Gasteiger partial charge >= 0.3 is 0 Å². The van der Waals surface area contributed by atoms with E-state index in [1.165, 1.54) is 11.3 Å². The number of carbonyl (C=O) groups is 1. The maximum absolute atomic E-state index is 12.4. The third-order valence-electron chi connectivity index (χ3n) is 2.77. The van der Waals surface area contributed by atoms with E-state index in [2.05, 4.69) is 31.2 Å². The lowest BCUT2D eigenvalue weighted by molar-refractivity contribution is 0.103. The Kier molecular flexibility index (Phi) is 3.79. The molecular formula is C13H8BrClN4OS. The summed E-state index contributed by atoms with van der Waals surface area (Å²) in [7, 11) is 0. The fourth-order valence-electron chi connectivity index (χ4n) is 1.79. The number of nitrogen functional groups attached to an aromatic ring is 1. The number of carbonyl (C=O) groups excluding carboxylic acids is 1. The minimum atomic E-state index is -0.319. The van der Waals surface area contributed by atoms with Gasteiger partial charge in [0, 0.05) is 12.4 Å². The van der Waals surface area contributed by atoms with E-state index in [-0.39, 0.29) is 5.91 Å². The molecule has 2 aromatic heterocycles. The van der Waals surface area contributed by atoms with Gasteiger partial charge < -0.3 is 11.1 Å². The first-order chi connectivity index (χ1) is 10.1. The molecule has 3 rings (SSSR count). The topological polar surface area (TPSA) is 80.9 Å². The molecule has 106 valence electrons. The first-order valence-corrected chi connectivity index (χ1v) is 7.81. The van der Waals surface area contributed by atoms with E-state index >= 15 is 0 Å². The van der Waals surface area contributed by atoms with Crippen LogP contribution in [0.15, 0.2) is 35.1 Å². The van der Waals surface area contributed by atoms with Crippen molar-refractivity contribution in [3.63, 3.8) is 0 Å². The van der Waals surface area contributed by atoms with Crippen molar-refractivity contribution in [2.45, 2.75) is 0 Å². The van der Waals surface area contributed by atoms with Crippen LogP contribution >= 0.6 is 38.9 Å². The minimum Gasteiger partial charge on any atom is -0.396 e. The predicted octanol–water partition coefficient (Wildman–Crippen LogP) is 3.94. The average molecular weight is 384 g/mol. The second-order valence-corrected chi connectivity index (χ2v) is 6.31. The van der Waals surface area contributed by atoms with Gasteiger partial charge in [0.2, 0.25) is 0 Å². The molecule has 0 aliphatic rings. The number of rotatable bonds is 2. The molecule has 0 saturated heterocycles. The van der Waals surface area contributed by atoms with Crippen molar-refractivity contribution in [1.82, 2.24) is 9.97 Å². The third kappa shape index (κ3) is 2.59. The van der Waals surface area contributed by atoms with Gasteiger partial charge in [0.25, 0.3) is 5.91 Å². The number of fused-ring (bicyclic) bond motifs is 1. The summed E-state index contributed by atoms with van der Waals surface area (Å²) in [6.45, 7) is 0. The zero-order valence-electron chi connectivity index (χ0n) is 10.4. The minimum absolute atomic E-state index is 0.319. The van der Waals surface area contributed by atoms with Crippen molar-refractivity contribution in [3.8, 4) is 0 Å². The molecule has 0 unspecified atom stereocenters. The van der Waals surface area contributed by atoms with E-state index in [1.54, 1.807) is 30.6 Å². The molecule has 2 heterocycles. The van der Waals surface area contributed by atoms with Crippen molar-refractivity contribution in [2.24, 2.45) is 0 Å². The van der Waals surface area contributed by atoms with Crippen LogP contribution < -0.4 is 11.1 Å². The van der Waals surface area contributed by atoms with Crippen LogP contribution in [0.3, 0.4) is 0 Å². The third-order valence-corrected chi connectivity index (χ3v) is 5.27. The van der Waals surface area contributed by atoms with Gasteiger partial charge in [-0.25, -0.2) is 9.97 Å². The van der Waals surface area contributed by atoms with Crippen molar-refractivity contribution >= 4 is 66.5 Å². The van der Waals surface area contributed by atoms with Gasteiger partial charge in [0.15, 0.2) is 0 Å². The number of nitrogens with one attached hydrogen (secondary N) is 1. The van der Waals surface area contributed by atoms with Gasteiger partial charge in [-0.1, -0.05) is 17.7 Å². The Hall–Kier alpha value is -1.70. The normalized spacial score (nSPS) is 10.8. The number of halogens is 2. The number of nitrogens with zero attached hydrogens (tertiary/aromatic N) is 2. The zero-order chi connectivity index (χ0) is 15.0. The molecular weight excluding hydrogens is 376 g/mol. The summed E-state index contributed by atoms with van der Waals surface area (Å²) in [6.07, 6.45) is 3.11. The molecule has 0 fully saturated rings. The number of aromatic nitrogens is 2. The van der Waals surface area contributed by atoms with Gasteiger partial charge in [-0.3, -0.25) is 4.79 Å². The number of benzene rings is 1. The lowest BCUT2D eigenvalue weighted by Crippen LogP contribution is -2.12. The SMILES string of the molecule is Nc1c(C(=O)Nc2cccc(Cl)c2Br)sc2nccnc12. The van der Waals surface area contributed by atoms with Gasteiger partial charge in [0.1, 0.15) is 15.2 Å². The maximum atomic E-state index is 12.4. The van der Waals surface area contributed by atoms with Gasteiger partial charge in [-0.2, -0.15) is 0 Å². The molecule has 0 aliphatic carbocycles. The van der Waals surface area contributed by atoms with E-state index in [4.69, 9.17) is 17.3 Å². The first kappa shape index (κ1) is 14.2. The number of hydrogen-bond acceptors (Lipinski definition) is 5. The summed E-state index contributed by atoms with van der Waals surface area (Å²) in [6, 6.07) is 5.22. The summed E-state index contributed by atoms with van der Waals surface area (Å²) in [4.78, 5) is 21.7. The fraction of sp³-hybridized carbons (Fsp3) is 0. The van der Waals surface area contributed by atoms with E-state index < -0.39 is 0 Å². The van der Waals surface area contributed by atoms with Crippen LogP contribution in [0, 0.1) is 0 Å². The summed E-state index contributed by atoms with van der Waals surface area (Å²) >= 11 is 10.5. The van der Waals surface area contributed by atoms with Crippen LogP contribution in [-0.4, -0.2) is 15.9 Å². The summed E-state index contributed by atoms with van der Waals surface area (Å²) < 4.78 is 0.621. The van der Waals surface area contributed by atoms with E-state index in [0.717, 1.165) is 0 Å². The van der Waals surface area contributed by atoms with Gasteiger partial charge in [0.05, 0.1) is 20.9 Å². The molecule has 0 atom stereocenters. The number of amides is 1. The largest absolute Gasteiger partial charge is 0.396 e. The Morgan fingerprint density at radius 3 is 2.86 bits per heavy atom. The Labute approximate surface area is 137 Å². The Bertz CT molecular complexity index is 851. The fourth-order valence-corrected chi connectivity index (χ4v) is 3.25. The number of thiophene rings is 1. The highest BCUT2D eigenvalue weighted by Gasteiger charge is 2.19. The first-order valence-electron chi connectivity index (χ1n) is 5.82. The molecule has 5 nitrogen and oxygen atoms in total. The second kappa shape index (κ2) is 5.59. The standard InChI is InChI=1S/C13H8BrClN4OS/c14-8-6(15)2-1-3-7(8)19-12(20)11-9(16)10-13(21-11)18-5-4-17-10/h1-5H,16H2,(H,19,20). The quantitative estimate of drug-likeness (QED) is 0.702. The van der Waals surface area contributed by atoms with Crippen molar-refractivity contribution in [3.05, 3.63) is 45.0 Å². The van der Waals surface area contributed by atoms with Crippen molar-refractivity contribution < 1.29 is 4.79 Å². The maximum Gasteiger partial charge on any atom is 0.268 e. The summed E-state index contributed by atoms with van der Waals surface area (Å²) in [5.74, 6) is -0.319. The molecule has 8 heteroatoms. The highest BCUT2D eigenvalue weighted by Crippen LogP contribution is 2.33. The molecule has 1 amide bonds. The van der Waals surface area contributed by atoms with Crippen LogP contribution in [0.4, 0.5) is 11.4 Å². The van der Waals surface area contributed by atoms with Crippen LogP contribution in [0.2, 0.25) is 5.02 Å². The number of hydrogen-bond donors (Lipinski definition) is 2. The summed E-state index contributed by atoms with van der Waals surface area (Å²) in [5.41, 5.74) is 7.42. The molecule has 1 aromatic carbocycles. The average Bonchev–Trinajstić information content (AvgIpc) is 2.82. The molecule has 3 aromatic rings. The Balaban J connectivity index is 1.97. The highest BCUT2D eigenvalue weighted by molar-refractivity contribution is 9.10. The zero-order valence-corrected chi connectivity index (χ0v) is 13.6. The lowest BCUT2D eigenvalue weighted by atomic mass is 10.3. The Morgan fingerprint density at radius 2 is 2.10 bits per heavy atom. The summed E-state index contributed by atoms with van der Waals surface area (Å²) in [5, 5.41) is 3.29. The highest BCUT2D eigenvalue weighted by atomic mass is 79.9. The van der Waals surface area contributed by atoms with Crippen LogP contribution in [-0.2, 0) is 0 Å². The van der Waals surface area contributed by atoms with E-state index in [1.807, 2.05) is 0 Å². The van der Waals surface area contributed by atoms with Crippen molar-refractivity contribution in [2.75, 3.05) is 11.1 Å². The monoisotopic (exact) mass is 382 g/mol. The molecule has 0 bridgehead atoms. The molecule has 0 spiro atoms. The van der Waals surface area contributed by atoms with Crippen LogP contribution in [0.5, 0.6) is 0 Å². The molecule has 0 aliphatic heterocycles.